The molecular formula is C12H19N3O2S. The Hall–Kier alpha value is -1.56. The SMILES string of the molecule is CS(=O)(=O)CCN=C(N)NCCc1ccccc1. The molecule has 0 aliphatic heterocycles. The van der Waals surface area contributed by atoms with Crippen molar-refractivity contribution in [3.63, 3.8) is 0 Å². The Bertz CT molecular complexity index is 483. The fraction of sp³-hybridized carbons (Fsp3) is 0.417. The second-order valence-corrected chi connectivity index (χ2v) is 6.32. The van der Waals surface area contributed by atoms with Crippen molar-refractivity contribution in [2.24, 2.45) is 10.7 Å². The molecule has 0 saturated heterocycles. The number of nitrogens with two attached hydrogens (primary N) is 1. The quantitative estimate of drug-likeness (QED) is 0.570. The molecule has 18 heavy (non-hydrogen) atoms. The number of nitrogens with one attached hydrogen (secondary N) is 1. The zero-order valence-electron chi connectivity index (χ0n) is 10.5. The fourth-order valence-corrected chi connectivity index (χ4v) is 1.79. The van der Waals surface area contributed by atoms with Crippen molar-refractivity contribution in [1.82, 2.24) is 5.32 Å². The molecule has 0 bridgehead atoms. The van der Waals surface area contributed by atoms with Crippen molar-refractivity contribution in [3.8, 4) is 0 Å². The molecule has 1 aromatic rings. The number of hydrogen-bond acceptors (Lipinski definition) is 3. The molecule has 0 amide bonds. The molecule has 0 aliphatic rings. The molecular weight excluding hydrogens is 250 g/mol. The zero-order chi connectivity index (χ0) is 13.4. The minimum Gasteiger partial charge on any atom is -0.370 e. The lowest BCUT2D eigenvalue weighted by molar-refractivity contribution is 0.601. The predicted octanol–water partition coefficient (Wildman–Crippen LogP) is 0.178. The molecule has 0 spiro atoms. The highest BCUT2D eigenvalue weighted by atomic mass is 32.2. The van der Waals surface area contributed by atoms with E-state index in [9.17, 15) is 8.42 Å². The van der Waals surface area contributed by atoms with E-state index in [1.807, 2.05) is 30.3 Å². The van der Waals surface area contributed by atoms with Crippen LogP contribution in [0.1, 0.15) is 5.56 Å². The Kier molecular flexibility index (Phi) is 5.64. The van der Waals surface area contributed by atoms with Gasteiger partial charge in [-0.1, -0.05) is 30.3 Å². The van der Waals surface area contributed by atoms with Crippen LogP contribution in [-0.2, 0) is 16.3 Å². The molecule has 0 saturated carbocycles. The number of benzene rings is 1. The highest BCUT2D eigenvalue weighted by Crippen LogP contribution is 1.97. The number of sulfone groups is 1. The Morgan fingerprint density at radius 3 is 2.61 bits per heavy atom. The number of rotatable bonds is 6. The highest BCUT2D eigenvalue weighted by Gasteiger charge is 2.00. The van der Waals surface area contributed by atoms with Gasteiger partial charge in [-0.15, -0.1) is 0 Å². The first kappa shape index (κ1) is 14.5. The minimum atomic E-state index is -2.97. The maximum atomic E-state index is 10.9. The molecule has 1 aromatic carbocycles. The van der Waals surface area contributed by atoms with Crippen LogP contribution in [0.5, 0.6) is 0 Å². The third kappa shape index (κ3) is 6.90. The monoisotopic (exact) mass is 269 g/mol. The third-order valence-electron chi connectivity index (χ3n) is 2.31. The van der Waals surface area contributed by atoms with Crippen molar-refractivity contribution in [3.05, 3.63) is 35.9 Å². The van der Waals surface area contributed by atoms with Crippen LogP contribution in [0.4, 0.5) is 0 Å². The molecule has 0 radical (unpaired) electrons. The van der Waals surface area contributed by atoms with Gasteiger partial charge in [0.1, 0.15) is 9.84 Å². The molecule has 0 fully saturated rings. The maximum absolute atomic E-state index is 10.9. The van der Waals surface area contributed by atoms with Gasteiger partial charge in [0, 0.05) is 12.8 Å². The largest absolute Gasteiger partial charge is 0.370 e. The van der Waals surface area contributed by atoms with Gasteiger partial charge in [-0.2, -0.15) is 0 Å². The summed E-state index contributed by atoms with van der Waals surface area (Å²) in [7, 11) is -2.97. The first-order valence-electron chi connectivity index (χ1n) is 5.73. The van der Waals surface area contributed by atoms with Crippen LogP contribution >= 0.6 is 0 Å². The van der Waals surface area contributed by atoms with Gasteiger partial charge in [0.15, 0.2) is 5.96 Å². The standard InChI is InChI=1S/C12H19N3O2S/c1-18(16,17)10-9-15-12(13)14-8-7-11-5-3-2-4-6-11/h2-6H,7-10H2,1H3,(H3,13,14,15). The summed E-state index contributed by atoms with van der Waals surface area (Å²) in [4.78, 5) is 3.94. The van der Waals surface area contributed by atoms with Gasteiger partial charge in [0.25, 0.3) is 0 Å². The first-order chi connectivity index (χ1) is 8.47. The van der Waals surface area contributed by atoms with Crippen LogP contribution < -0.4 is 11.1 Å². The molecule has 0 aliphatic carbocycles. The summed E-state index contributed by atoms with van der Waals surface area (Å²) < 4.78 is 21.8. The topological polar surface area (TPSA) is 84.5 Å². The second-order valence-electron chi connectivity index (χ2n) is 4.06. The van der Waals surface area contributed by atoms with E-state index in [0.29, 0.717) is 6.54 Å². The van der Waals surface area contributed by atoms with Gasteiger partial charge in [-0.25, -0.2) is 8.42 Å². The average Bonchev–Trinajstić information content (AvgIpc) is 2.28. The maximum Gasteiger partial charge on any atom is 0.188 e. The summed E-state index contributed by atoms with van der Waals surface area (Å²) in [6.07, 6.45) is 2.03. The van der Waals surface area contributed by atoms with E-state index in [2.05, 4.69) is 10.3 Å². The Morgan fingerprint density at radius 1 is 1.33 bits per heavy atom. The molecule has 0 heterocycles. The molecule has 100 valence electrons. The summed E-state index contributed by atoms with van der Waals surface area (Å²) in [5.74, 6) is 0.309. The lowest BCUT2D eigenvalue weighted by Crippen LogP contribution is -2.33. The van der Waals surface area contributed by atoms with E-state index in [0.717, 1.165) is 6.42 Å². The van der Waals surface area contributed by atoms with Crippen LogP contribution in [0.25, 0.3) is 0 Å². The van der Waals surface area contributed by atoms with Gasteiger partial charge in [0.05, 0.1) is 12.3 Å². The summed E-state index contributed by atoms with van der Waals surface area (Å²) >= 11 is 0. The number of guanidine groups is 1. The number of nitrogens with zero attached hydrogens (tertiary/aromatic N) is 1. The lowest BCUT2D eigenvalue weighted by Gasteiger charge is -2.05. The van der Waals surface area contributed by atoms with Crippen LogP contribution in [0, 0.1) is 0 Å². The molecule has 0 aromatic heterocycles. The average molecular weight is 269 g/mol. The normalized spacial score (nSPS) is 12.4. The van der Waals surface area contributed by atoms with Crippen molar-refractivity contribution in [2.45, 2.75) is 6.42 Å². The van der Waals surface area contributed by atoms with E-state index >= 15 is 0 Å². The number of aliphatic imine (C=N–C) groups is 1. The van der Waals surface area contributed by atoms with Gasteiger partial charge >= 0.3 is 0 Å². The van der Waals surface area contributed by atoms with Crippen molar-refractivity contribution in [2.75, 3.05) is 25.1 Å². The van der Waals surface area contributed by atoms with E-state index < -0.39 is 9.84 Å². The lowest BCUT2D eigenvalue weighted by atomic mass is 10.1. The van der Waals surface area contributed by atoms with Crippen molar-refractivity contribution in [1.29, 1.82) is 0 Å². The molecule has 0 atom stereocenters. The van der Waals surface area contributed by atoms with Crippen LogP contribution in [0.2, 0.25) is 0 Å². The number of hydrogen-bond donors (Lipinski definition) is 2. The fourth-order valence-electron chi connectivity index (χ4n) is 1.37. The van der Waals surface area contributed by atoms with Crippen LogP contribution in [0.3, 0.4) is 0 Å². The highest BCUT2D eigenvalue weighted by molar-refractivity contribution is 7.90. The molecule has 5 nitrogen and oxygen atoms in total. The van der Waals surface area contributed by atoms with E-state index in [1.165, 1.54) is 11.8 Å². The van der Waals surface area contributed by atoms with Crippen molar-refractivity contribution < 1.29 is 8.42 Å². The molecule has 1 rings (SSSR count). The zero-order valence-corrected chi connectivity index (χ0v) is 11.3. The smallest absolute Gasteiger partial charge is 0.188 e. The van der Waals surface area contributed by atoms with E-state index in [-0.39, 0.29) is 18.3 Å². The van der Waals surface area contributed by atoms with Gasteiger partial charge < -0.3 is 11.1 Å². The Labute approximate surface area is 108 Å². The molecule has 0 unspecified atom stereocenters. The summed E-state index contributed by atoms with van der Waals surface area (Å²) in [6.45, 7) is 0.876. The van der Waals surface area contributed by atoms with Crippen LogP contribution in [0.15, 0.2) is 35.3 Å². The Morgan fingerprint density at radius 2 is 2.00 bits per heavy atom. The van der Waals surface area contributed by atoms with Crippen molar-refractivity contribution >= 4 is 15.8 Å². The second kappa shape index (κ2) is 7.00. The van der Waals surface area contributed by atoms with Gasteiger partial charge in [-0.05, 0) is 12.0 Å². The Balaban J connectivity index is 2.25. The molecule has 6 heteroatoms. The summed E-state index contributed by atoms with van der Waals surface area (Å²) in [5, 5.41) is 2.95. The van der Waals surface area contributed by atoms with Gasteiger partial charge in [0.2, 0.25) is 0 Å². The third-order valence-corrected chi connectivity index (χ3v) is 3.23. The van der Waals surface area contributed by atoms with E-state index in [4.69, 9.17) is 5.73 Å². The van der Waals surface area contributed by atoms with Gasteiger partial charge in [-0.3, -0.25) is 4.99 Å². The van der Waals surface area contributed by atoms with Crippen LogP contribution in [-0.4, -0.2) is 39.5 Å². The molecule has 3 N–H and O–H groups in total. The first-order valence-corrected chi connectivity index (χ1v) is 7.79. The predicted molar refractivity (Wildman–Crippen MR) is 74.3 cm³/mol. The van der Waals surface area contributed by atoms with E-state index in [1.54, 1.807) is 0 Å². The summed E-state index contributed by atoms with van der Waals surface area (Å²) in [6, 6.07) is 10.0. The summed E-state index contributed by atoms with van der Waals surface area (Å²) in [5.41, 5.74) is 6.83. The minimum absolute atomic E-state index is 0.0219.